The number of hydrogen-bond donors (Lipinski definition) is 1. The van der Waals surface area contributed by atoms with Gasteiger partial charge in [-0.25, -0.2) is 8.42 Å². The Labute approximate surface area is 110 Å². The number of H-pyrrole nitrogens is 1. The summed E-state index contributed by atoms with van der Waals surface area (Å²) in [6.07, 6.45) is 3.44. The molecule has 19 heavy (non-hydrogen) atoms. The molecule has 0 aliphatic carbocycles. The highest BCUT2D eigenvalue weighted by Crippen LogP contribution is 2.25. The number of methoxy groups -OCH3 is 1. The molecule has 104 valence electrons. The van der Waals surface area contributed by atoms with E-state index in [0.717, 1.165) is 16.6 Å². The molecule has 1 unspecified atom stereocenters. The minimum atomic E-state index is -3.98. The number of aromatic nitrogens is 1. The second kappa shape index (κ2) is 5.14. The van der Waals surface area contributed by atoms with Gasteiger partial charge in [0.2, 0.25) is 15.5 Å². The zero-order valence-electron chi connectivity index (χ0n) is 10.3. The minimum absolute atomic E-state index is 0.205. The summed E-state index contributed by atoms with van der Waals surface area (Å²) in [5.41, 5.74) is -0.603. The van der Waals surface area contributed by atoms with Crippen molar-refractivity contribution < 1.29 is 17.9 Å². The SMILES string of the molecule is COC(=O)C1CCCN1S(=O)(=O)c1c[nH]ccc1=O. The van der Waals surface area contributed by atoms with Crippen LogP contribution in [0.25, 0.3) is 0 Å². The number of hydrogen-bond acceptors (Lipinski definition) is 5. The van der Waals surface area contributed by atoms with Gasteiger partial charge < -0.3 is 9.72 Å². The smallest absolute Gasteiger partial charge is 0.324 e. The summed E-state index contributed by atoms with van der Waals surface area (Å²) in [5.74, 6) is -0.603. The normalized spacial score (nSPS) is 20.4. The maximum atomic E-state index is 12.4. The van der Waals surface area contributed by atoms with Crippen molar-refractivity contribution >= 4 is 16.0 Å². The lowest BCUT2D eigenvalue weighted by Gasteiger charge is -2.21. The molecule has 0 amide bonds. The zero-order valence-corrected chi connectivity index (χ0v) is 11.1. The van der Waals surface area contributed by atoms with E-state index in [2.05, 4.69) is 9.72 Å². The van der Waals surface area contributed by atoms with Crippen LogP contribution in [0.5, 0.6) is 0 Å². The Morgan fingerprint density at radius 2 is 2.26 bits per heavy atom. The minimum Gasteiger partial charge on any atom is -0.468 e. The molecular weight excluding hydrogens is 272 g/mol. The average Bonchev–Trinajstić information content (AvgIpc) is 2.88. The van der Waals surface area contributed by atoms with Crippen molar-refractivity contribution in [1.82, 2.24) is 9.29 Å². The summed E-state index contributed by atoms with van der Waals surface area (Å²) < 4.78 is 30.4. The maximum absolute atomic E-state index is 12.4. The molecule has 1 saturated heterocycles. The van der Waals surface area contributed by atoms with E-state index in [1.165, 1.54) is 13.3 Å². The van der Waals surface area contributed by atoms with Gasteiger partial charge in [-0.3, -0.25) is 9.59 Å². The van der Waals surface area contributed by atoms with Crippen molar-refractivity contribution in [3.8, 4) is 0 Å². The fourth-order valence-electron chi connectivity index (χ4n) is 2.13. The summed E-state index contributed by atoms with van der Waals surface area (Å²) in [6.45, 7) is 0.205. The first kappa shape index (κ1) is 13.8. The molecule has 1 aliphatic heterocycles. The molecular formula is C11H14N2O5S. The second-order valence-electron chi connectivity index (χ2n) is 4.17. The van der Waals surface area contributed by atoms with Gasteiger partial charge in [0.05, 0.1) is 7.11 Å². The average molecular weight is 286 g/mol. The van der Waals surface area contributed by atoms with Crippen LogP contribution in [-0.2, 0) is 19.6 Å². The summed E-state index contributed by atoms with van der Waals surface area (Å²) in [5, 5.41) is 0. The number of rotatable bonds is 3. The summed E-state index contributed by atoms with van der Waals surface area (Å²) in [4.78, 5) is 25.4. The van der Waals surface area contributed by atoms with E-state index < -0.39 is 27.5 Å². The molecule has 0 radical (unpaired) electrons. The lowest BCUT2D eigenvalue weighted by Crippen LogP contribution is -2.42. The largest absolute Gasteiger partial charge is 0.468 e. The number of carbonyl (C=O) groups is 1. The highest BCUT2D eigenvalue weighted by molar-refractivity contribution is 7.89. The van der Waals surface area contributed by atoms with E-state index in [4.69, 9.17) is 0 Å². The van der Waals surface area contributed by atoms with Crippen LogP contribution in [0.1, 0.15) is 12.8 Å². The molecule has 1 fully saturated rings. The van der Waals surface area contributed by atoms with E-state index in [1.54, 1.807) is 0 Å². The fraction of sp³-hybridized carbons (Fsp3) is 0.455. The summed E-state index contributed by atoms with van der Waals surface area (Å²) >= 11 is 0. The van der Waals surface area contributed by atoms with Gasteiger partial charge in [-0.1, -0.05) is 0 Å². The number of ether oxygens (including phenoxy) is 1. The highest BCUT2D eigenvalue weighted by atomic mass is 32.2. The van der Waals surface area contributed by atoms with Gasteiger partial charge in [-0.2, -0.15) is 4.31 Å². The van der Waals surface area contributed by atoms with Crippen molar-refractivity contribution in [3.63, 3.8) is 0 Å². The molecule has 1 aromatic heterocycles. The van der Waals surface area contributed by atoms with Gasteiger partial charge in [-0.05, 0) is 12.8 Å². The number of nitrogens with zero attached hydrogens (tertiary/aromatic N) is 1. The van der Waals surface area contributed by atoms with Crippen LogP contribution in [0.2, 0.25) is 0 Å². The molecule has 2 rings (SSSR count). The Bertz CT molecular complexity index is 636. The lowest BCUT2D eigenvalue weighted by molar-refractivity contribution is -0.144. The molecule has 1 aliphatic rings. The van der Waals surface area contributed by atoms with Crippen molar-refractivity contribution in [3.05, 3.63) is 28.7 Å². The quantitative estimate of drug-likeness (QED) is 0.770. The Kier molecular flexibility index (Phi) is 3.72. The van der Waals surface area contributed by atoms with Crippen LogP contribution in [0.15, 0.2) is 28.2 Å². The number of esters is 1. The van der Waals surface area contributed by atoms with Crippen molar-refractivity contribution in [2.24, 2.45) is 0 Å². The highest BCUT2D eigenvalue weighted by Gasteiger charge is 2.40. The van der Waals surface area contributed by atoms with E-state index in [1.807, 2.05) is 0 Å². The molecule has 0 aromatic carbocycles. The third kappa shape index (κ3) is 2.41. The first-order valence-electron chi connectivity index (χ1n) is 5.75. The van der Waals surface area contributed by atoms with Gasteiger partial charge in [0.1, 0.15) is 10.9 Å². The Morgan fingerprint density at radius 3 is 2.89 bits per heavy atom. The summed E-state index contributed by atoms with van der Waals surface area (Å²) in [6, 6.07) is 0.283. The van der Waals surface area contributed by atoms with Gasteiger partial charge in [-0.15, -0.1) is 0 Å². The van der Waals surface area contributed by atoms with Gasteiger partial charge in [0.15, 0.2) is 0 Å². The van der Waals surface area contributed by atoms with Crippen molar-refractivity contribution in [2.75, 3.05) is 13.7 Å². The number of carbonyl (C=O) groups excluding carboxylic acids is 1. The van der Waals surface area contributed by atoms with Gasteiger partial charge in [0.25, 0.3) is 0 Å². The number of aromatic amines is 1. The van der Waals surface area contributed by atoms with E-state index in [9.17, 15) is 18.0 Å². The van der Waals surface area contributed by atoms with E-state index in [-0.39, 0.29) is 11.4 Å². The molecule has 1 N–H and O–H groups in total. The lowest BCUT2D eigenvalue weighted by atomic mass is 10.2. The van der Waals surface area contributed by atoms with E-state index in [0.29, 0.717) is 12.8 Å². The molecule has 0 bridgehead atoms. The van der Waals surface area contributed by atoms with Crippen LogP contribution in [0.4, 0.5) is 0 Å². The van der Waals surface area contributed by atoms with Crippen LogP contribution >= 0.6 is 0 Å². The fourth-order valence-corrected chi connectivity index (χ4v) is 3.82. The maximum Gasteiger partial charge on any atom is 0.324 e. The third-order valence-electron chi connectivity index (χ3n) is 3.05. The van der Waals surface area contributed by atoms with Gasteiger partial charge in [0, 0.05) is 25.0 Å². The monoisotopic (exact) mass is 286 g/mol. The number of sulfonamides is 1. The van der Waals surface area contributed by atoms with Crippen LogP contribution in [0, 0.1) is 0 Å². The second-order valence-corrected chi connectivity index (χ2v) is 6.03. The van der Waals surface area contributed by atoms with Crippen LogP contribution < -0.4 is 5.43 Å². The molecule has 0 saturated carbocycles. The number of pyridine rings is 1. The Balaban J connectivity index is 2.43. The third-order valence-corrected chi connectivity index (χ3v) is 4.98. The first-order chi connectivity index (χ1) is 8.98. The predicted molar refractivity (Wildman–Crippen MR) is 66.0 cm³/mol. The first-order valence-corrected chi connectivity index (χ1v) is 7.19. The molecule has 2 heterocycles. The molecule has 8 heteroatoms. The standard InChI is InChI=1S/C11H14N2O5S/c1-18-11(15)8-3-2-6-13(8)19(16,17)10-7-12-5-4-9(10)14/h4-5,7-8H,2-3,6H2,1H3,(H,12,14). The van der Waals surface area contributed by atoms with Crippen LogP contribution in [0.3, 0.4) is 0 Å². The Hall–Kier alpha value is -1.67. The van der Waals surface area contributed by atoms with Crippen LogP contribution in [-0.4, -0.2) is 43.4 Å². The Morgan fingerprint density at radius 1 is 1.53 bits per heavy atom. The molecule has 1 aromatic rings. The molecule has 7 nitrogen and oxygen atoms in total. The predicted octanol–water partition coefficient (Wildman–Crippen LogP) is -0.299. The van der Waals surface area contributed by atoms with Gasteiger partial charge >= 0.3 is 5.97 Å². The zero-order chi connectivity index (χ0) is 14.0. The summed E-state index contributed by atoms with van der Waals surface area (Å²) in [7, 11) is -2.78. The van der Waals surface area contributed by atoms with Crippen molar-refractivity contribution in [1.29, 1.82) is 0 Å². The van der Waals surface area contributed by atoms with E-state index >= 15 is 0 Å². The number of nitrogens with one attached hydrogen (secondary N) is 1. The topological polar surface area (TPSA) is 96.5 Å². The molecule has 1 atom stereocenters. The van der Waals surface area contributed by atoms with Crippen molar-refractivity contribution in [2.45, 2.75) is 23.8 Å². The molecule has 0 spiro atoms.